The van der Waals surface area contributed by atoms with Crippen molar-refractivity contribution in [3.05, 3.63) is 23.8 Å². The average Bonchev–Trinajstić information content (AvgIpc) is 2.26. The molecule has 0 saturated carbocycles. The summed E-state index contributed by atoms with van der Waals surface area (Å²) in [7, 11) is 1.69. The van der Waals surface area contributed by atoms with Gasteiger partial charge in [0.25, 0.3) is 0 Å². The van der Waals surface area contributed by atoms with Crippen LogP contribution in [-0.2, 0) is 4.74 Å². The maximum absolute atomic E-state index is 5.36. The van der Waals surface area contributed by atoms with Crippen molar-refractivity contribution in [3.63, 3.8) is 0 Å². The molecule has 1 aromatic carbocycles. The summed E-state index contributed by atoms with van der Waals surface area (Å²) in [5.41, 5.74) is 2.24. The van der Waals surface area contributed by atoms with Crippen LogP contribution in [0.15, 0.2) is 18.2 Å². The third-order valence-corrected chi connectivity index (χ3v) is 2.38. The number of ether oxygens (including phenoxy) is 2. The van der Waals surface area contributed by atoms with Gasteiger partial charge in [0, 0.05) is 18.3 Å². The van der Waals surface area contributed by atoms with E-state index < -0.39 is 0 Å². The van der Waals surface area contributed by atoms with E-state index in [1.54, 1.807) is 7.11 Å². The Labute approximate surface area is 97.8 Å². The van der Waals surface area contributed by atoms with Crippen molar-refractivity contribution in [3.8, 4) is 5.75 Å². The fourth-order valence-electron chi connectivity index (χ4n) is 1.59. The topological polar surface area (TPSA) is 30.5 Å². The zero-order valence-electron chi connectivity index (χ0n) is 10.5. The van der Waals surface area contributed by atoms with Gasteiger partial charge in [0.05, 0.1) is 13.7 Å². The summed E-state index contributed by atoms with van der Waals surface area (Å²) in [6.07, 6.45) is 0. The number of aryl methyl sites for hydroxylation is 1. The van der Waals surface area contributed by atoms with E-state index in [-0.39, 0.29) is 0 Å². The fourth-order valence-corrected chi connectivity index (χ4v) is 1.59. The molecule has 0 heterocycles. The van der Waals surface area contributed by atoms with Crippen molar-refractivity contribution in [1.82, 2.24) is 0 Å². The molecule has 0 aliphatic carbocycles. The van der Waals surface area contributed by atoms with Gasteiger partial charge in [-0.25, -0.2) is 0 Å². The van der Waals surface area contributed by atoms with Crippen LogP contribution in [0.3, 0.4) is 0 Å². The molecule has 0 amide bonds. The lowest BCUT2D eigenvalue weighted by atomic mass is 10.2. The van der Waals surface area contributed by atoms with Gasteiger partial charge in [0.1, 0.15) is 5.75 Å². The molecule has 16 heavy (non-hydrogen) atoms. The molecule has 0 saturated heterocycles. The Morgan fingerprint density at radius 3 is 2.69 bits per heavy atom. The standard InChI is InChI=1S/C13H21NO2/c1-5-16-9-11(3)14-12-6-7-13(15-4)10(2)8-12/h6-8,11,14H,5,9H2,1-4H3. The molecule has 0 aliphatic rings. The molecular weight excluding hydrogens is 202 g/mol. The SMILES string of the molecule is CCOCC(C)Nc1ccc(OC)c(C)c1. The first-order valence-corrected chi connectivity index (χ1v) is 5.66. The molecule has 1 unspecified atom stereocenters. The highest BCUT2D eigenvalue weighted by atomic mass is 16.5. The van der Waals surface area contributed by atoms with E-state index in [0.717, 1.165) is 30.2 Å². The van der Waals surface area contributed by atoms with E-state index in [0.29, 0.717) is 6.04 Å². The summed E-state index contributed by atoms with van der Waals surface area (Å²) in [4.78, 5) is 0. The van der Waals surface area contributed by atoms with E-state index in [1.165, 1.54) is 0 Å². The van der Waals surface area contributed by atoms with Gasteiger partial charge in [-0.15, -0.1) is 0 Å². The Balaban J connectivity index is 2.57. The molecule has 90 valence electrons. The van der Waals surface area contributed by atoms with E-state index in [1.807, 2.05) is 26.0 Å². The molecule has 1 atom stereocenters. The summed E-state index contributed by atoms with van der Waals surface area (Å²) in [6.45, 7) is 7.63. The highest BCUT2D eigenvalue weighted by molar-refractivity contribution is 5.51. The Morgan fingerprint density at radius 1 is 1.38 bits per heavy atom. The second-order valence-corrected chi connectivity index (χ2v) is 3.89. The summed E-state index contributed by atoms with van der Waals surface area (Å²) in [5, 5.41) is 3.39. The second-order valence-electron chi connectivity index (χ2n) is 3.89. The summed E-state index contributed by atoms with van der Waals surface area (Å²) < 4.78 is 10.6. The third kappa shape index (κ3) is 3.74. The second kappa shape index (κ2) is 6.38. The van der Waals surface area contributed by atoms with Crippen LogP contribution in [-0.4, -0.2) is 26.4 Å². The molecular formula is C13H21NO2. The predicted molar refractivity (Wildman–Crippen MR) is 67.3 cm³/mol. The molecule has 0 aliphatic heterocycles. The lowest BCUT2D eigenvalue weighted by Crippen LogP contribution is -2.21. The molecule has 0 aromatic heterocycles. The lowest BCUT2D eigenvalue weighted by molar-refractivity contribution is 0.141. The molecule has 0 bridgehead atoms. The molecule has 3 heteroatoms. The summed E-state index contributed by atoms with van der Waals surface area (Å²) >= 11 is 0. The molecule has 0 spiro atoms. The number of nitrogens with one attached hydrogen (secondary N) is 1. The van der Waals surface area contributed by atoms with Gasteiger partial charge < -0.3 is 14.8 Å². The van der Waals surface area contributed by atoms with Crippen LogP contribution in [0.1, 0.15) is 19.4 Å². The normalized spacial score (nSPS) is 12.2. The fraction of sp³-hybridized carbons (Fsp3) is 0.538. The van der Waals surface area contributed by atoms with Gasteiger partial charge in [-0.3, -0.25) is 0 Å². The van der Waals surface area contributed by atoms with Crippen LogP contribution in [0.2, 0.25) is 0 Å². The van der Waals surface area contributed by atoms with E-state index >= 15 is 0 Å². The third-order valence-electron chi connectivity index (χ3n) is 2.38. The van der Waals surface area contributed by atoms with Gasteiger partial charge in [-0.1, -0.05) is 0 Å². The highest BCUT2D eigenvalue weighted by Gasteiger charge is 2.03. The van der Waals surface area contributed by atoms with Crippen molar-refractivity contribution >= 4 is 5.69 Å². The smallest absolute Gasteiger partial charge is 0.121 e. The highest BCUT2D eigenvalue weighted by Crippen LogP contribution is 2.21. The number of hydrogen-bond acceptors (Lipinski definition) is 3. The number of methoxy groups -OCH3 is 1. The number of hydrogen-bond donors (Lipinski definition) is 1. The lowest BCUT2D eigenvalue weighted by Gasteiger charge is -2.16. The first-order valence-electron chi connectivity index (χ1n) is 5.66. The Bertz CT molecular complexity index is 326. The van der Waals surface area contributed by atoms with Crippen LogP contribution in [0.5, 0.6) is 5.75 Å². The molecule has 1 aromatic rings. The molecule has 0 fully saturated rings. The largest absolute Gasteiger partial charge is 0.496 e. The van der Waals surface area contributed by atoms with Crippen molar-refractivity contribution < 1.29 is 9.47 Å². The minimum absolute atomic E-state index is 0.313. The van der Waals surface area contributed by atoms with Crippen molar-refractivity contribution in [2.45, 2.75) is 26.8 Å². The molecule has 1 N–H and O–H groups in total. The van der Waals surface area contributed by atoms with E-state index in [4.69, 9.17) is 9.47 Å². The van der Waals surface area contributed by atoms with Crippen LogP contribution in [0.25, 0.3) is 0 Å². The van der Waals surface area contributed by atoms with Crippen molar-refractivity contribution in [2.24, 2.45) is 0 Å². The van der Waals surface area contributed by atoms with Crippen molar-refractivity contribution in [2.75, 3.05) is 25.6 Å². The number of rotatable bonds is 6. The Kier molecular flexibility index (Phi) is 5.12. The first-order chi connectivity index (χ1) is 7.67. The average molecular weight is 223 g/mol. The van der Waals surface area contributed by atoms with Crippen molar-refractivity contribution in [1.29, 1.82) is 0 Å². The quantitative estimate of drug-likeness (QED) is 0.804. The van der Waals surface area contributed by atoms with Gasteiger partial charge in [-0.2, -0.15) is 0 Å². The minimum atomic E-state index is 0.313. The zero-order valence-corrected chi connectivity index (χ0v) is 10.5. The van der Waals surface area contributed by atoms with E-state index in [2.05, 4.69) is 18.3 Å². The van der Waals surface area contributed by atoms with E-state index in [9.17, 15) is 0 Å². The zero-order chi connectivity index (χ0) is 12.0. The van der Waals surface area contributed by atoms with Crippen LogP contribution < -0.4 is 10.1 Å². The maximum Gasteiger partial charge on any atom is 0.121 e. The predicted octanol–water partition coefficient (Wildman–Crippen LogP) is 2.84. The maximum atomic E-state index is 5.36. The Hall–Kier alpha value is -1.22. The van der Waals surface area contributed by atoms with Crippen LogP contribution in [0.4, 0.5) is 5.69 Å². The van der Waals surface area contributed by atoms with Crippen LogP contribution in [0, 0.1) is 6.92 Å². The Morgan fingerprint density at radius 2 is 2.12 bits per heavy atom. The van der Waals surface area contributed by atoms with Gasteiger partial charge in [0.2, 0.25) is 0 Å². The van der Waals surface area contributed by atoms with Gasteiger partial charge >= 0.3 is 0 Å². The molecule has 1 rings (SSSR count). The number of anilines is 1. The number of benzene rings is 1. The summed E-state index contributed by atoms with van der Waals surface area (Å²) in [5.74, 6) is 0.919. The van der Waals surface area contributed by atoms with Crippen LogP contribution >= 0.6 is 0 Å². The van der Waals surface area contributed by atoms with Gasteiger partial charge in [0.15, 0.2) is 0 Å². The minimum Gasteiger partial charge on any atom is -0.496 e. The monoisotopic (exact) mass is 223 g/mol. The molecule has 3 nitrogen and oxygen atoms in total. The summed E-state index contributed by atoms with van der Waals surface area (Å²) in [6, 6.07) is 6.40. The molecule has 0 radical (unpaired) electrons. The van der Waals surface area contributed by atoms with Gasteiger partial charge in [-0.05, 0) is 44.5 Å². The first kappa shape index (κ1) is 12.8.